The van der Waals surface area contributed by atoms with Gasteiger partial charge in [0.2, 0.25) is 0 Å². The molecule has 0 spiro atoms. The Hall–Kier alpha value is -0.940. The van der Waals surface area contributed by atoms with Crippen LogP contribution in [0.15, 0.2) is 22.7 Å². The van der Waals surface area contributed by atoms with E-state index in [4.69, 9.17) is 0 Å². The molecule has 104 valence electrons. The molecule has 1 aromatic carbocycles. The minimum atomic E-state index is -0.284. The van der Waals surface area contributed by atoms with Crippen molar-refractivity contribution in [1.82, 2.24) is 5.32 Å². The summed E-state index contributed by atoms with van der Waals surface area (Å²) in [6.45, 7) is 5.21. The van der Waals surface area contributed by atoms with Crippen molar-refractivity contribution in [3.63, 3.8) is 0 Å². The SMILES string of the molecule is CCNC(C)C1(Cc2ccc(Br)cc2[N+](=O)[O-])CC1. The van der Waals surface area contributed by atoms with Gasteiger partial charge in [0.1, 0.15) is 0 Å². The van der Waals surface area contributed by atoms with Gasteiger partial charge < -0.3 is 5.32 Å². The fourth-order valence-corrected chi connectivity index (χ4v) is 3.03. The van der Waals surface area contributed by atoms with E-state index in [0.29, 0.717) is 6.04 Å². The maximum atomic E-state index is 11.1. The van der Waals surface area contributed by atoms with E-state index >= 15 is 0 Å². The number of nitrogens with zero attached hydrogens (tertiary/aromatic N) is 1. The summed E-state index contributed by atoms with van der Waals surface area (Å²) < 4.78 is 0.757. The highest BCUT2D eigenvalue weighted by atomic mass is 79.9. The molecule has 0 heterocycles. The summed E-state index contributed by atoms with van der Waals surface area (Å²) in [5.74, 6) is 0. The van der Waals surface area contributed by atoms with Crippen LogP contribution in [0.2, 0.25) is 0 Å². The molecule has 0 amide bonds. The van der Waals surface area contributed by atoms with Gasteiger partial charge in [-0.1, -0.05) is 28.9 Å². The number of hydrogen-bond acceptors (Lipinski definition) is 3. The van der Waals surface area contributed by atoms with Gasteiger partial charge in [-0.3, -0.25) is 10.1 Å². The third-order valence-corrected chi connectivity index (χ3v) is 4.60. The maximum Gasteiger partial charge on any atom is 0.273 e. The molecule has 1 unspecified atom stereocenters. The summed E-state index contributed by atoms with van der Waals surface area (Å²) in [5, 5.41) is 14.6. The fraction of sp³-hybridized carbons (Fsp3) is 0.571. The first-order chi connectivity index (χ1) is 8.98. The van der Waals surface area contributed by atoms with Crippen molar-refractivity contribution in [3.8, 4) is 0 Å². The fourth-order valence-electron chi connectivity index (χ4n) is 2.68. The molecule has 1 aliphatic carbocycles. The lowest BCUT2D eigenvalue weighted by Crippen LogP contribution is -2.36. The Balaban J connectivity index is 2.22. The second-order valence-corrected chi connectivity index (χ2v) is 6.26. The van der Waals surface area contributed by atoms with Crippen LogP contribution in [-0.4, -0.2) is 17.5 Å². The second kappa shape index (κ2) is 5.59. The molecule has 1 saturated carbocycles. The van der Waals surface area contributed by atoms with Crippen molar-refractivity contribution < 1.29 is 4.92 Å². The van der Waals surface area contributed by atoms with E-state index < -0.39 is 0 Å². The third kappa shape index (κ3) is 3.15. The number of rotatable bonds is 6. The zero-order valence-electron chi connectivity index (χ0n) is 11.3. The molecule has 5 heteroatoms. The highest BCUT2D eigenvalue weighted by Crippen LogP contribution is 2.52. The minimum Gasteiger partial charge on any atom is -0.314 e. The Kier molecular flexibility index (Phi) is 4.26. The molecule has 1 aromatic rings. The van der Waals surface area contributed by atoms with Crippen molar-refractivity contribution in [1.29, 1.82) is 0 Å². The number of benzene rings is 1. The van der Waals surface area contributed by atoms with E-state index in [9.17, 15) is 10.1 Å². The summed E-state index contributed by atoms with van der Waals surface area (Å²) in [4.78, 5) is 10.9. The summed E-state index contributed by atoms with van der Waals surface area (Å²) in [6.07, 6.45) is 3.08. The van der Waals surface area contributed by atoms with Crippen LogP contribution in [0.3, 0.4) is 0 Å². The van der Waals surface area contributed by atoms with Crippen LogP contribution in [-0.2, 0) is 6.42 Å². The molecular formula is C14H19BrN2O2. The molecule has 1 atom stereocenters. The Labute approximate surface area is 121 Å². The monoisotopic (exact) mass is 326 g/mol. The van der Waals surface area contributed by atoms with E-state index in [-0.39, 0.29) is 16.0 Å². The van der Waals surface area contributed by atoms with Gasteiger partial charge in [-0.15, -0.1) is 0 Å². The Bertz CT molecular complexity index is 486. The predicted molar refractivity (Wildman–Crippen MR) is 79.3 cm³/mol. The summed E-state index contributed by atoms with van der Waals surface area (Å²) in [6, 6.07) is 5.77. The van der Waals surface area contributed by atoms with E-state index in [1.165, 1.54) is 0 Å². The quantitative estimate of drug-likeness (QED) is 0.640. The average molecular weight is 327 g/mol. The molecule has 0 aliphatic heterocycles. The van der Waals surface area contributed by atoms with Crippen LogP contribution in [0.25, 0.3) is 0 Å². The van der Waals surface area contributed by atoms with Crippen LogP contribution < -0.4 is 5.32 Å². The molecule has 2 rings (SSSR count). The molecule has 0 saturated heterocycles. The first-order valence-corrected chi connectivity index (χ1v) is 7.44. The zero-order chi connectivity index (χ0) is 14.0. The number of nitro groups is 1. The Morgan fingerprint density at radius 3 is 2.74 bits per heavy atom. The first kappa shape index (κ1) is 14.5. The lowest BCUT2D eigenvalue weighted by atomic mass is 9.89. The highest BCUT2D eigenvalue weighted by Gasteiger charge is 2.47. The largest absolute Gasteiger partial charge is 0.314 e. The molecule has 1 N–H and O–H groups in total. The van der Waals surface area contributed by atoms with Crippen LogP contribution in [0.1, 0.15) is 32.3 Å². The van der Waals surface area contributed by atoms with Crippen LogP contribution in [0, 0.1) is 15.5 Å². The number of halogens is 1. The lowest BCUT2D eigenvalue weighted by molar-refractivity contribution is -0.385. The molecule has 19 heavy (non-hydrogen) atoms. The Morgan fingerprint density at radius 1 is 1.53 bits per heavy atom. The van der Waals surface area contributed by atoms with Crippen LogP contribution in [0.5, 0.6) is 0 Å². The van der Waals surface area contributed by atoms with Gasteiger partial charge in [0, 0.05) is 22.1 Å². The van der Waals surface area contributed by atoms with E-state index in [0.717, 1.165) is 35.8 Å². The van der Waals surface area contributed by atoms with Crippen molar-refractivity contribution in [2.45, 2.75) is 39.2 Å². The maximum absolute atomic E-state index is 11.1. The van der Waals surface area contributed by atoms with Crippen molar-refractivity contribution in [2.24, 2.45) is 5.41 Å². The topological polar surface area (TPSA) is 55.2 Å². The van der Waals surface area contributed by atoms with Crippen molar-refractivity contribution in [3.05, 3.63) is 38.3 Å². The van der Waals surface area contributed by atoms with E-state index in [2.05, 4.69) is 35.1 Å². The third-order valence-electron chi connectivity index (χ3n) is 4.11. The molecule has 1 fully saturated rings. The van der Waals surface area contributed by atoms with Crippen LogP contribution >= 0.6 is 15.9 Å². The number of nitro benzene ring substituents is 1. The molecular weight excluding hydrogens is 308 g/mol. The van der Waals surface area contributed by atoms with Gasteiger partial charge in [-0.05, 0) is 44.2 Å². The summed E-state index contributed by atoms with van der Waals surface area (Å²) in [7, 11) is 0. The van der Waals surface area contributed by atoms with Crippen molar-refractivity contribution >= 4 is 21.6 Å². The zero-order valence-corrected chi connectivity index (χ0v) is 12.9. The van der Waals surface area contributed by atoms with Gasteiger partial charge in [0.15, 0.2) is 0 Å². The summed E-state index contributed by atoms with van der Waals surface area (Å²) in [5.41, 5.74) is 1.27. The van der Waals surface area contributed by atoms with Gasteiger partial charge in [-0.25, -0.2) is 0 Å². The van der Waals surface area contributed by atoms with E-state index in [1.807, 2.05) is 12.1 Å². The standard InChI is InChI=1S/C14H19BrN2O2/c1-3-16-10(2)14(6-7-14)9-11-4-5-12(15)8-13(11)17(18)19/h4-5,8,10,16H,3,6-7,9H2,1-2H3. The highest BCUT2D eigenvalue weighted by molar-refractivity contribution is 9.10. The average Bonchev–Trinajstić information content (AvgIpc) is 3.12. The van der Waals surface area contributed by atoms with Gasteiger partial charge in [-0.2, -0.15) is 0 Å². The van der Waals surface area contributed by atoms with Gasteiger partial charge in [0.25, 0.3) is 5.69 Å². The molecule has 4 nitrogen and oxygen atoms in total. The minimum absolute atomic E-state index is 0.203. The second-order valence-electron chi connectivity index (χ2n) is 5.35. The normalized spacial score (nSPS) is 18.1. The lowest BCUT2D eigenvalue weighted by Gasteiger charge is -2.24. The predicted octanol–water partition coefficient (Wildman–Crippen LogP) is 3.68. The van der Waals surface area contributed by atoms with Gasteiger partial charge in [0.05, 0.1) is 4.92 Å². The number of hydrogen-bond donors (Lipinski definition) is 1. The van der Waals surface area contributed by atoms with Crippen molar-refractivity contribution in [2.75, 3.05) is 6.54 Å². The number of nitrogens with one attached hydrogen (secondary N) is 1. The van der Waals surface area contributed by atoms with Gasteiger partial charge >= 0.3 is 0 Å². The smallest absolute Gasteiger partial charge is 0.273 e. The van der Waals surface area contributed by atoms with E-state index in [1.54, 1.807) is 6.07 Å². The molecule has 0 aromatic heterocycles. The molecule has 1 aliphatic rings. The molecule has 0 bridgehead atoms. The summed E-state index contributed by atoms with van der Waals surface area (Å²) >= 11 is 3.30. The Morgan fingerprint density at radius 2 is 2.21 bits per heavy atom. The van der Waals surface area contributed by atoms with Crippen LogP contribution in [0.4, 0.5) is 5.69 Å². The molecule has 0 radical (unpaired) electrons. The first-order valence-electron chi connectivity index (χ1n) is 6.65.